The molecule has 9 heteroatoms. The first-order valence-electron chi connectivity index (χ1n) is 3.43. The zero-order valence-corrected chi connectivity index (χ0v) is 7.17. The molecule has 0 aliphatic rings. The molecule has 0 spiro atoms. The number of aromatic nitrogens is 4. The Balaban J connectivity index is 0.000000255. The predicted octanol–water partition coefficient (Wildman–Crippen LogP) is -1.86. The lowest BCUT2D eigenvalue weighted by Crippen LogP contribution is -2.16. The van der Waals surface area contributed by atoms with Gasteiger partial charge in [-0.15, -0.1) is 0 Å². The van der Waals surface area contributed by atoms with E-state index in [0.717, 1.165) is 0 Å². The number of hydrogen-bond donors (Lipinski definition) is 3. The van der Waals surface area contributed by atoms with Gasteiger partial charge < -0.3 is 10.2 Å². The summed E-state index contributed by atoms with van der Waals surface area (Å²) < 4.78 is 1.24. The highest BCUT2D eigenvalue weighted by atomic mass is 16.4. The molecule has 0 saturated carbocycles. The van der Waals surface area contributed by atoms with E-state index in [4.69, 9.17) is 19.8 Å². The molecule has 0 fully saturated rings. The monoisotopic (exact) mass is 204 g/mol. The maximum absolute atomic E-state index is 10.4. The van der Waals surface area contributed by atoms with Crippen LogP contribution in [-0.4, -0.2) is 42.4 Å². The van der Waals surface area contributed by atoms with E-state index in [0.29, 0.717) is 6.54 Å². The number of aromatic amines is 1. The van der Waals surface area contributed by atoms with Crippen molar-refractivity contribution in [2.75, 3.05) is 0 Å². The molecule has 0 amide bonds. The standard InChI is InChI=1S/C3H6N4O.C2H2O4/c1-2-7-3(8)4-5-6-7;3-1(4)2(5)6/h2H2,1H3,(H,4,6,8);(H,3,4)(H,5,6). The second-order valence-electron chi connectivity index (χ2n) is 1.93. The summed E-state index contributed by atoms with van der Waals surface area (Å²) in [5, 5.41) is 23.6. The van der Waals surface area contributed by atoms with E-state index in [1.54, 1.807) is 0 Å². The minimum Gasteiger partial charge on any atom is -0.473 e. The van der Waals surface area contributed by atoms with Gasteiger partial charge in [0.15, 0.2) is 0 Å². The normalized spacial score (nSPS) is 8.64. The van der Waals surface area contributed by atoms with Crippen LogP contribution >= 0.6 is 0 Å². The van der Waals surface area contributed by atoms with Gasteiger partial charge in [0.05, 0.1) is 0 Å². The average Bonchev–Trinajstić information content (AvgIpc) is 2.51. The lowest BCUT2D eigenvalue weighted by atomic mass is 10.7. The van der Waals surface area contributed by atoms with E-state index in [2.05, 4.69) is 15.5 Å². The van der Waals surface area contributed by atoms with Crippen LogP contribution < -0.4 is 5.69 Å². The SMILES string of the molecule is CCn1nn[nH]c1=O.O=C(O)C(=O)O. The fourth-order valence-corrected chi connectivity index (χ4v) is 0.424. The van der Waals surface area contributed by atoms with Gasteiger partial charge in [-0.3, -0.25) is 0 Å². The summed E-state index contributed by atoms with van der Waals surface area (Å²) in [4.78, 5) is 28.6. The topological polar surface area (TPSA) is 138 Å². The summed E-state index contributed by atoms with van der Waals surface area (Å²) >= 11 is 0. The summed E-state index contributed by atoms with van der Waals surface area (Å²) in [6.45, 7) is 2.39. The molecule has 0 atom stereocenters. The minimum atomic E-state index is -1.82. The van der Waals surface area contributed by atoms with Crippen LogP contribution in [0.4, 0.5) is 0 Å². The quantitative estimate of drug-likeness (QED) is 0.456. The first-order valence-corrected chi connectivity index (χ1v) is 3.43. The molecule has 0 aliphatic heterocycles. The molecule has 14 heavy (non-hydrogen) atoms. The largest absolute Gasteiger partial charge is 0.473 e. The summed E-state index contributed by atoms with van der Waals surface area (Å²) in [6.07, 6.45) is 0. The van der Waals surface area contributed by atoms with Gasteiger partial charge in [-0.2, -0.15) is 4.68 Å². The van der Waals surface area contributed by atoms with Crippen molar-refractivity contribution in [2.45, 2.75) is 13.5 Å². The van der Waals surface area contributed by atoms with Gasteiger partial charge in [-0.1, -0.05) is 0 Å². The Kier molecular flexibility index (Phi) is 4.60. The van der Waals surface area contributed by atoms with Crippen LogP contribution in [0.3, 0.4) is 0 Å². The van der Waals surface area contributed by atoms with Crippen LogP contribution in [-0.2, 0) is 16.1 Å². The van der Waals surface area contributed by atoms with Gasteiger partial charge >= 0.3 is 17.6 Å². The van der Waals surface area contributed by atoms with Gasteiger partial charge in [0, 0.05) is 6.54 Å². The minimum absolute atomic E-state index is 0.257. The maximum Gasteiger partial charge on any atom is 0.414 e. The Morgan fingerprint density at radius 1 is 1.43 bits per heavy atom. The van der Waals surface area contributed by atoms with Crippen molar-refractivity contribution in [3.8, 4) is 0 Å². The lowest BCUT2D eigenvalue weighted by Gasteiger charge is -1.82. The number of aryl methyl sites for hydroxylation is 1. The number of tetrazole rings is 1. The molecule has 0 saturated heterocycles. The number of H-pyrrole nitrogens is 1. The van der Waals surface area contributed by atoms with Gasteiger partial charge in [-0.05, 0) is 17.4 Å². The van der Waals surface area contributed by atoms with Crippen molar-refractivity contribution in [3.63, 3.8) is 0 Å². The Morgan fingerprint density at radius 2 is 1.93 bits per heavy atom. The number of nitrogens with one attached hydrogen (secondary N) is 1. The Labute approximate surface area is 77.0 Å². The molecule has 1 rings (SSSR count). The summed E-state index contributed by atoms with van der Waals surface area (Å²) in [5.41, 5.74) is -0.257. The zero-order chi connectivity index (χ0) is 11.1. The van der Waals surface area contributed by atoms with Crippen molar-refractivity contribution in [1.29, 1.82) is 0 Å². The highest BCUT2D eigenvalue weighted by molar-refractivity contribution is 6.27. The van der Waals surface area contributed by atoms with Gasteiger partial charge in [0.2, 0.25) is 0 Å². The second kappa shape index (κ2) is 5.45. The molecule has 0 radical (unpaired) electrons. The zero-order valence-electron chi connectivity index (χ0n) is 7.17. The summed E-state index contributed by atoms with van der Waals surface area (Å²) in [5.74, 6) is -3.65. The number of carboxylic acid groups (broad SMARTS) is 2. The Bertz CT molecular complexity index is 354. The summed E-state index contributed by atoms with van der Waals surface area (Å²) in [6, 6.07) is 0. The molecular formula is C5H8N4O5. The van der Waals surface area contributed by atoms with Gasteiger partial charge in [0.1, 0.15) is 0 Å². The van der Waals surface area contributed by atoms with Crippen LogP contribution in [0.5, 0.6) is 0 Å². The number of carboxylic acids is 2. The Morgan fingerprint density at radius 3 is 2.07 bits per heavy atom. The highest BCUT2D eigenvalue weighted by Gasteiger charge is 2.04. The molecule has 1 aromatic heterocycles. The molecular weight excluding hydrogens is 196 g/mol. The number of rotatable bonds is 1. The molecule has 0 unspecified atom stereocenters. The molecule has 9 nitrogen and oxygen atoms in total. The van der Waals surface area contributed by atoms with E-state index in [9.17, 15) is 4.79 Å². The number of aliphatic carboxylic acids is 2. The lowest BCUT2D eigenvalue weighted by molar-refractivity contribution is -0.159. The van der Waals surface area contributed by atoms with Crippen molar-refractivity contribution in [1.82, 2.24) is 20.2 Å². The number of carbonyl (C=O) groups is 2. The first-order chi connectivity index (χ1) is 6.49. The predicted molar refractivity (Wildman–Crippen MR) is 41.6 cm³/mol. The average molecular weight is 204 g/mol. The molecule has 0 bridgehead atoms. The van der Waals surface area contributed by atoms with Gasteiger partial charge in [0.25, 0.3) is 0 Å². The van der Waals surface area contributed by atoms with Crippen LogP contribution in [0.15, 0.2) is 4.79 Å². The third-order valence-electron chi connectivity index (χ3n) is 1.02. The van der Waals surface area contributed by atoms with E-state index in [1.165, 1.54) is 4.68 Å². The van der Waals surface area contributed by atoms with Crippen LogP contribution in [0, 0.1) is 0 Å². The third-order valence-corrected chi connectivity index (χ3v) is 1.02. The highest BCUT2D eigenvalue weighted by Crippen LogP contribution is 1.62. The van der Waals surface area contributed by atoms with E-state index >= 15 is 0 Å². The first kappa shape index (κ1) is 11.8. The second-order valence-corrected chi connectivity index (χ2v) is 1.93. The molecule has 3 N–H and O–H groups in total. The molecule has 78 valence electrons. The Hall–Kier alpha value is -2.19. The van der Waals surface area contributed by atoms with Gasteiger partial charge in [-0.25, -0.2) is 19.5 Å². The van der Waals surface area contributed by atoms with E-state index in [-0.39, 0.29) is 5.69 Å². The van der Waals surface area contributed by atoms with Crippen LogP contribution in [0.2, 0.25) is 0 Å². The maximum atomic E-state index is 10.4. The molecule has 0 aromatic carbocycles. The van der Waals surface area contributed by atoms with Crippen molar-refractivity contribution < 1.29 is 19.8 Å². The third kappa shape index (κ3) is 3.99. The molecule has 1 heterocycles. The fraction of sp³-hybridized carbons (Fsp3) is 0.400. The summed E-state index contributed by atoms with van der Waals surface area (Å²) in [7, 11) is 0. The number of nitrogens with zero attached hydrogens (tertiary/aromatic N) is 3. The van der Waals surface area contributed by atoms with Crippen molar-refractivity contribution >= 4 is 11.9 Å². The van der Waals surface area contributed by atoms with Crippen LogP contribution in [0.1, 0.15) is 6.92 Å². The van der Waals surface area contributed by atoms with E-state index < -0.39 is 11.9 Å². The molecule has 0 aliphatic carbocycles. The van der Waals surface area contributed by atoms with E-state index in [1.807, 2.05) is 6.92 Å². The smallest absolute Gasteiger partial charge is 0.414 e. The van der Waals surface area contributed by atoms with Crippen molar-refractivity contribution in [2.24, 2.45) is 0 Å². The number of hydrogen-bond acceptors (Lipinski definition) is 5. The van der Waals surface area contributed by atoms with Crippen LogP contribution in [0.25, 0.3) is 0 Å². The van der Waals surface area contributed by atoms with Crippen molar-refractivity contribution in [3.05, 3.63) is 10.5 Å². The molecule has 1 aromatic rings. The fourth-order valence-electron chi connectivity index (χ4n) is 0.424.